The molecule has 0 saturated heterocycles. The highest BCUT2D eigenvalue weighted by molar-refractivity contribution is 5.90. The molecule has 92 valence electrons. The second kappa shape index (κ2) is 6.70. The molecular formula is C13H16O4. The quantitative estimate of drug-likeness (QED) is 0.560. The van der Waals surface area contributed by atoms with E-state index in [0.717, 1.165) is 5.56 Å². The van der Waals surface area contributed by atoms with Crippen LogP contribution >= 0.6 is 0 Å². The van der Waals surface area contributed by atoms with Crippen molar-refractivity contribution in [1.82, 2.24) is 0 Å². The fourth-order valence-electron chi connectivity index (χ4n) is 1.29. The Morgan fingerprint density at radius 1 is 1.24 bits per heavy atom. The van der Waals surface area contributed by atoms with Crippen LogP contribution in [-0.4, -0.2) is 26.8 Å². The SMILES string of the molecule is C=C(COCc1ccccc1C(=O)OC)OC. The molecule has 0 aliphatic heterocycles. The number of benzene rings is 1. The second-order valence-corrected chi connectivity index (χ2v) is 3.38. The monoisotopic (exact) mass is 236 g/mol. The van der Waals surface area contributed by atoms with Crippen LogP contribution in [-0.2, 0) is 20.8 Å². The largest absolute Gasteiger partial charge is 0.499 e. The first-order valence-electron chi connectivity index (χ1n) is 5.14. The lowest BCUT2D eigenvalue weighted by atomic mass is 10.1. The summed E-state index contributed by atoms with van der Waals surface area (Å²) in [6.07, 6.45) is 0. The van der Waals surface area contributed by atoms with E-state index in [9.17, 15) is 4.79 Å². The average Bonchev–Trinajstić information content (AvgIpc) is 2.38. The molecule has 0 heterocycles. The third-order valence-corrected chi connectivity index (χ3v) is 2.23. The van der Waals surface area contributed by atoms with Crippen molar-refractivity contribution in [2.24, 2.45) is 0 Å². The number of rotatable bonds is 6. The molecule has 0 bridgehead atoms. The van der Waals surface area contributed by atoms with E-state index in [0.29, 0.717) is 24.5 Å². The summed E-state index contributed by atoms with van der Waals surface area (Å²) in [5, 5.41) is 0. The van der Waals surface area contributed by atoms with Gasteiger partial charge < -0.3 is 14.2 Å². The third kappa shape index (κ3) is 3.92. The number of hydrogen-bond donors (Lipinski definition) is 0. The van der Waals surface area contributed by atoms with Gasteiger partial charge in [-0.25, -0.2) is 4.79 Å². The molecule has 4 nitrogen and oxygen atoms in total. The highest BCUT2D eigenvalue weighted by Gasteiger charge is 2.10. The standard InChI is InChI=1S/C13H16O4/c1-10(15-2)8-17-9-11-6-4-5-7-12(11)13(14)16-3/h4-7H,1,8-9H2,2-3H3. The summed E-state index contributed by atoms with van der Waals surface area (Å²) in [5.41, 5.74) is 1.29. The van der Waals surface area contributed by atoms with Crippen molar-refractivity contribution in [1.29, 1.82) is 0 Å². The lowest BCUT2D eigenvalue weighted by Gasteiger charge is -2.09. The van der Waals surface area contributed by atoms with Gasteiger partial charge in [-0.05, 0) is 11.6 Å². The number of carbonyl (C=O) groups is 1. The minimum absolute atomic E-state index is 0.298. The summed E-state index contributed by atoms with van der Waals surface area (Å²) >= 11 is 0. The van der Waals surface area contributed by atoms with Crippen LogP contribution in [0.25, 0.3) is 0 Å². The summed E-state index contributed by atoms with van der Waals surface area (Å²) in [6, 6.07) is 7.15. The molecule has 1 aromatic carbocycles. The van der Waals surface area contributed by atoms with Crippen LogP contribution in [0, 0.1) is 0 Å². The van der Waals surface area contributed by atoms with E-state index >= 15 is 0 Å². The van der Waals surface area contributed by atoms with Crippen molar-refractivity contribution in [3.63, 3.8) is 0 Å². The molecule has 4 heteroatoms. The first-order valence-corrected chi connectivity index (χ1v) is 5.14. The van der Waals surface area contributed by atoms with Crippen molar-refractivity contribution in [3.8, 4) is 0 Å². The van der Waals surface area contributed by atoms with E-state index in [-0.39, 0.29) is 5.97 Å². The van der Waals surface area contributed by atoms with Crippen LogP contribution in [0.4, 0.5) is 0 Å². The highest BCUT2D eigenvalue weighted by Crippen LogP contribution is 2.11. The van der Waals surface area contributed by atoms with Crippen LogP contribution in [0.5, 0.6) is 0 Å². The number of esters is 1. The topological polar surface area (TPSA) is 44.8 Å². The van der Waals surface area contributed by atoms with Gasteiger partial charge in [0.1, 0.15) is 12.4 Å². The van der Waals surface area contributed by atoms with Gasteiger partial charge in [0.05, 0.1) is 26.4 Å². The zero-order valence-electron chi connectivity index (χ0n) is 10.1. The number of carbonyl (C=O) groups excluding carboxylic acids is 1. The number of ether oxygens (including phenoxy) is 3. The number of hydrogen-bond acceptors (Lipinski definition) is 4. The fraction of sp³-hybridized carbons (Fsp3) is 0.308. The molecule has 0 saturated carbocycles. The van der Waals surface area contributed by atoms with Gasteiger partial charge in [-0.1, -0.05) is 24.8 Å². The van der Waals surface area contributed by atoms with Crippen LogP contribution in [0.1, 0.15) is 15.9 Å². The Labute approximate surface area is 101 Å². The Bertz CT molecular complexity index is 398. The van der Waals surface area contributed by atoms with E-state index in [2.05, 4.69) is 11.3 Å². The van der Waals surface area contributed by atoms with Crippen molar-refractivity contribution in [3.05, 3.63) is 47.7 Å². The fourth-order valence-corrected chi connectivity index (χ4v) is 1.29. The molecule has 0 fully saturated rings. The van der Waals surface area contributed by atoms with Gasteiger partial charge in [-0.3, -0.25) is 0 Å². The Balaban J connectivity index is 2.64. The minimum Gasteiger partial charge on any atom is -0.499 e. The maximum absolute atomic E-state index is 11.5. The number of methoxy groups -OCH3 is 2. The highest BCUT2D eigenvalue weighted by atomic mass is 16.5. The Morgan fingerprint density at radius 2 is 1.94 bits per heavy atom. The Hall–Kier alpha value is -1.81. The summed E-state index contributed by atoms with van der Waals surface area (Å²) in [4.78, 5) is 11.5. The smallest absolute Gasteiger partial charge is 0.338 e. The maximum atomic E-state index is 11.5. The normalized spacial score (nSPS) is 9.76. The summed E-state index contributed by atoms with van der Waals surface area (Å²) < 4.78 is 14.9. The molecule has 0 aromatic heterocycles. The molecule has 0 unspecified atom stereocenters. The first kappa shape index (κ1) is 13.3. The van der Waals surface area contributed by atoms with Gasteiger partial charge >= 0.3 is 5.97 Å². The second-order valence-electron chi connectivity index (χ2n) is 3.38. The van der Waals surface area contributed by atoms with Crippen LogP contribution in [0.3, 0.4) is 0 Å². The van der Waals surface area contributed by atoms with Gasteiger partial charge in [0, 0.05) is 0 Å². The lowest BCUT2D eigenvalue weighted by Crippen LogP contribution is -2.07. The molecule has 0 radical (unpaired) electrons. The van der Waals surface area contributed by atoms with E-state index in [1.165, 1.54) is 14.2 Å². The van der Waals surface area contributed by atoms with Crippen molar-refractivity contribution < 1.29 is 19.0 Å². The maximum Gasteiger partial charge on any atom is 0.338 e. The summed E-state index contributed by atoms with van der Waals surface area (Å²) in [5.74, 6) is 0.176. The predicted molar refractivity (Wildman–Crippen MR) is 63.6 cm³/mol. The van der Waals surface area contributed by atoms with Gasteiger partial charge in [-0.15, -0.1) is 0 Å². The van der Waals surface area contributed by atoms with Crippen LogP contribution in [0.15, 0.2) is 36.6 Å². The van der Waals surface area contributed by atoms with Gasteiger partial charge in [0.15, 0.2) is 0 Å². The molecule has 0 aliphatic carbocycles. The van der Waals surface area contributed by atoms with Gasteiger partial charge in [0.25, 0.3) is 0 Å². The van der Waals surface area contributed by atoms with Crippen LogP contribution in [0.2, 0.25) is 0 Å². The summed E-state index contributed by atoms with van der Waals surface area (Å²) in [6.45, 7) is 4.25. The van der Waals surface area contributed by atoms with E-state index in [1.54, 1.807) is 12.1 Å². The van der Waals surface area contributed by atoms with E-state index in [4.69, 9.17) is 9.47 Å². The molecule has 1 rings (SSSR count). The third-order valence-electron chi connectivity index (χ3n) is 2.23. The molecule has 0 aliphatic rings. The van der Waals surface area contributed by atoms with E-state index < -0.39 is 0 Å². The van der Waals surface area contributed by atoms with Crippen molar-refractivity contribution in [2.45, 2.75) is 6.61 Å². The molecule has 0 spiro atoms. The van der Waals surface area contributed by atoms with Gasteiger partial charge in [-0.2, -0.15) is 0 Å². The van der Waals surface area contributed by atoms with E-state index in [1.807, 2.05) is 12.1 Å². The zero-order valence-corrected chi connectivity index (χ0v) is 10.1. The Kier molecular flexibility index (Phi) is 5.23. The molecule has 1 aromatic rings. The van der Waals surface area contributed by atoms with Gasteiger partial charge in [0.2, 0.25) is 0 Å². The predicted octanol–water partition coefficient (Wildman–Crippen LogP) is 2.15. The minimum atomic E-state index is -0.366. The lowest BCUT2D eigenvalue weighted by molar-refractivity contribution is 0.0591. The van der Waals surface area contributed by atoms with Crippen molar-refractivity contribution in [2.75, 3.05) is 20.8 Å². The molecule has 0 atom stereocenters. The summed E-state index contributed by atoms with van der Waals surface area (Å²) in [7, 11) is 2.89. The average molecular weight is 236 g/mol. The van der Waals surface area contributed by atoms with Crippen molar-refractivity contribution >= 4 is 5.97 Å². The molecule has 0 amide bonds. The molecule has 17 heavy (non-hydrogen) atoms. The zero-order chi connectivity index (χ0) is 12.7. The first-order chi connectivity index (χ1) is 8.19. The van der Waals surface area contributed by atoms with Crippen LogP contribution < -0.4 is 0 Å². The molecule has 0 N–H and O–H groups in total. The Morgan fingerprint density at radius 3 is 2.59 bits per heavy atom. The molecular weight excluding hydrogens is 220 g/mol.